The lowest BCUT2D eigenvalue weighted by Gasteiger charge is -2.31. The fourth-order valence-corrected chi connectivity index (χ4v) is 4.09. The van der Waals surface area contributed by atoms with E-state index in [0.717, 1.165) is 0 Å². The summed E-state index contributed by atoms with van der Waals surface area (Å²) in [6.45, 7) is 0. The number of aliphatic hydroxyl groups is 1. The van der Waals surface area contributed by atoms with E-state index in [1.807, 2.05) is 0 Å². The minimum atomic E-state index is -4.72. The summed E-state index contributed by atoms with van der Waals surface area (Å²) in [5.74, 6) is -1.91. The number of fused-ring (bicyclic) bond motifs is 1. The molecular weight excluding hydrogens is 406 g/mol. The summed E-state index contributed by atoms with van der Waals surface area (Å²) in [6.07, 6.45) is 3.93. The Bertz CT molecular complexity index is 1070. The highest BCUT2D eigenvalue weighted by atomic mass is 32.2. The Morgan fingerprint density at radius 2 is 1.96 bits per heavy atom. The van der Waals surface area contributed by atoms with Crippen LogP contribution in [0.5, 0.6) is 0 Å². The molecule has 10 nitrogen and oxygen atoms in total. The van der Waals surface area contributed by atoms with Crippen LogP contribution in [0.2, 0.25) is 0 Å². The molecule has 0 aromatic heterocycles. The molecule has 0 saturated carbocycles. The fraction of sp³-hybridized carbons (Fsp3) is 0.125. The van der Waals surface area contributed by atoms with Crippen LogP contribution < -0.4 is 16.9 Å². The average Bonchev–Trinajstić information content (AvgIpc) is 2.60. The fourth-order valence-electron chi connectivity index (χ4n) is 2.96. The summed E-state index contributed by atoms with van der Waals surface area (Å²) in [5.41, 5.74) is 14.3. The van der Waals surface area contributed by atoms with E-state index in [2.05, 4.69) is 10.5 Å². The molecule has 0 saturated heterocycles. The molecule has 2 atom stereocenters. The van der Waals surface area contributed by atoms with Crippen LogP contribution in [0.15, 0.2) is 57.1 Å². The van der Waals surface area contributed by atoms with E-state index in [1.54, 1.807) is 6.07 Å². The number of rotatable bonds is 4. The van der Waals surface area contributed by atoms with Crippen molar-refractivity contribution >= 4 is 50.6 Å². The number of nitrogens with one attached hydrogen (secondary N) is 2. The smallest absolute Gasteiger partial charge is 0.296 e. The monoisotopic (exact) mass is 423 g/mol. The van der Waals surface area contributed by atoms with Gasteiger partial charge < -0.3 is 26.5 Å². The molecule has 148 valence electrons. The summed E-state index contributed by atoms with van der Waals surface area (Å²) >= 11 is 0.373. The molecule has 9 N–H and O–H groups in total. The van der Waals surface area contributed by atoms with E-state index in [0.29, 0.717) is 23.4 Å². The molecule has 2 aliphatic carbocycles. The second-order valence-corrected chi connectivity index (χ2v) is 8.17. The number of anilines is 3. The second kappa shape index (κ2) is 7.31. The highest BCUT2D eigenvalue weighted by Crippen LogP contribution is 2.38. The molecular formula is C16H17N5O5S2. The maximum atomic E-state index is 11.9. The van der Waals surface area contributed by atoms with Crippen molar-refractivity contribution in [3.8, 4) is 0 Å². The number of benzene rings is 1. The molecule has 1 aromatic rings. The number of nitrogen functional groups attached to an aromatic ring is 2. The molecule has 28 heavy (non-hydrogen) atoms. The molecule has 0 fully saturated rings. The van der Waals surface area contributed by atoms with Gasteiger partial charge in [0.2, 0.25) is 0 Å². The van der Waals surface area contributed by atoms with Gasteiger partial charge in [0.05, 0.1) is 23.0 Å². The van der Waals surface area contributed by atoms with Crippen LogP contribution in [-0.2, 0) is 10.1 Å². The van der Waals surface area contributed by atoms with Crippen molar-refractivity contribution < 1.29 is 22.6 Å². The molecule has 0 spiro atoms. The van der Waals surface area contributed by atoms with E-state index in [-0.39, 0.29) is 27.8 Å². The maximum absolute atomic E-state index is 11.9. The molecule has 2 unspecified atom stereocenters. The summed E-state index contributed by atoms with van der Waals surface area (Å²) in [5, 5.41) is 22.5. The first kappa shape index (κ1) is 19.9. The largest absolute Gasteiger partial charge is 0.512 e. The molecule has 1 aromatic carbocycles. The first-order chi connectivity index (χ1) is 13.1. The summed E-state index contributed by atoms with van der Waals surface area (Å²) in [6, 6.07) is 4.54. The van der Waals surface area contributed by atoms with E-state index < -0.39 is 26.9 Å². The van der Waals surface area contributed by atoms with E-state index >= 15 is 0 Å². The molecule has 0 amide bonds. The van der Waals surface area contributed by atoms with Gasteiger partial charge in [-0.3, -0.25) is 9.98 Å². The van der Waals surface area contributed by atoms with Gasteiger partial charge in [-0.1, -0.05) is 12.2 Å². The van der Waals surface area contributed by atoms with Crippen LogP contribution in [0.4, 0.5) is 17.1 Å². The van der Waals surface area contributed by atoms with Crippen molar-refractivity contribution in [1.82, 2.24) is 0 Å². The van der Waals surface area contributed by atoms with Crippen molar-refractivity contribution in [1.29, 1.82) is 5.41 Å². The molecule has 0 aliphatic heterocycles. The Morgan fingerprint density at radius 3 is 2.57 bits per heavy atom. The zero-order valence-corrected chi connectivity index (χ0v) is 15.8. The van der Waals surface area contributed by atoms with Gasteiger partial charge in [-0.2, -0.15) is 13.5 Å². The minimum Gasteiger partial charge on any atom is -0.512 e. The Balaban J connectivity index is 2.07. The number of hydrogen-bond acceptors (Lipinski definition) is 10. The third-order valence-corrected chi connectivity index (χ3v) is 5.59. The summed E-state index contributed by atoms with van der Waals surface area (Å²) < 4.78 is 42.5. The number of nitrogens with two attached hydrogens (primary N) is 2. The molecule has 3 rings (SSSR count). The van der Waals surface area contributed by atoms with Crippen molar-refractivity contribution in [3.63, 3.8) is 0 Å². The van der Waals surface area contributed by atoms with Crippen LogP contribution in [0.3, 0.4) is 0 Å². The zero-order chi connectivity index (χ0) is 20.6. The highest BCUT2D eigenvalue weighted by molar-refractivity contribution is 7.97. The summed E-state index contributed by atoms with van der Waals surface area (Å²) in [4.78, 5) is -0.306. The van der Waals surface area contributed by atoms with Gasteiger partial charge in [0.25, 0.3) is 10.1 Å². The van der Waals surface area contributed by atoms with E-state index in [1.165, 1.54) is 30.4 Å². The lowest BCUT2D eigenvalue weighted by molar-refractivity contribution is 0.344. The van der Waals surface area contributed by atoms with Crippen molar-refractivity contribution in [2.24, 2.45) is 16.9 Å². The topological polar surface area (TPSA) is 195 Å². The first-order valence-electron chi connectivity index (χ1n) is 7.82. The van der Waals surface area contributed by atoms with Gasteiger partial charge in [-0.05, 0) is 24.3 Å². The van der Waals surface area contributed by atoms with Crippen LogP contribution in [0.25, 0.3) is 0 Å². The Labute approximate surface area is 164 Å². The number of nitrogens with zero attached hydrogens (tertiary/aromatic N) is 1. The number of allylic oxidation sites excluding steroid dienone is 5. The first-order valence-corrected chi connectivity index (χ1v) is 10.0. The van der Waals surface area contributed by atoms with Crippen LogP contribution in [0, 0.1) is 17.2 Å². The Hall–Kier alpha value is -2.80. The molecule has 2 aliphatic rings. The highest BCUT2D eigenvalue weighted by Gasteiger charge is 2.41. The SMILES string of the molecule is N=C1/C(=N\Nc2ccc(N)cc2N)C(S(=O)(=O)O)=CC2C=C(SO)C=C(O)C12. The lowest BCUT2D eigenvalue weighted by Crippen LogP contribution is -2.38. The van der Waals surface area contributed by atoms with Crippen LogP contribution in [0.1, 0.15) is 0 Å². The molecule has 12 heteroatoms. The van der Waals surface area contributed by atoms with E-state index in [4.69, 9.17) is 16.9 Å². The quantitative estimate of drug-likeness (QED) is 0.164. The van der Waals surface area contributed by atoms with Gasteiger partial charge in [0, 0.05) is 28.6 Å². The lowest BCUT2D eigenvalue weighted by atomic mass is 9.77. The zero-order valence-electron chi connectivity index (χ0n) is 14.2. The minimum absolute atomic E-state index is 0.237. The Morgan fingerprint density at radius 1 is 1.25 bits per heavy atom. The number of aliphatic hydroxyl groups excluding tert-OH is 1. The van der Waals surface area contributed by atoms with E-state index in [9.17, 15) is 22.6 Å². The predicted molar refractivity (Wildman–Crippen MR) is 110 cm³/mol. The standard InChI is InChI=1S/C16H17N5O5S2/c17-8-1-2-11(10(18)5-8)20-21-16-13(28(24,25)26)4-7-3-9(27-23)6-12(22)14(7)15(16)19/h1-7,14,19-20,22-23H,17-18H2,(H,24,25,26)/b19-15?,21-16-. The summed E-state index contributed by atoms with van der Waals surface area (Å²) in [7, 11) is -4.72. The molecule has 0 heterocycles. The van der Waals surface area contributed by atoms with Gasteiger partial charge in [-0.25, -0.2) is 0 Å². The maximum Gasteiger partial charge on any atom is 0.296 e. The number of hydrazone groups is 1. The van der Waals surface area contributed by atoms with Crippen molar-refractivity contribution in [2.45, 2.75) is 0 Å². The van der Waals surface area contributed by atoms with Crippen molar-refractivity contribution in [3.05, 3.63) is 52.0 Å². The Kier molecular flexibility index (Phi) is 5.21. The predicted octanol–water partition coefficient (Wildman–Crippen LogP) is 2.20. The van der Waals surface area contributed by atoms with Gasteiger partial charge in [0.15, 0.2) is 0 Å². The molecule has 0 radical (unpaired) electrons. The van der Waals surface area contributed by atoms with Gasteiger partial charge in [0.1, 0.15) is 16.4 Å². The third-order valence-electron chi connectivity index (χ3n) is 4.24. The van der Waals surface area contributed by atoms with Gasteiger partial charge >= 0.3 is 0 Å². The third kappa shape index (κ3) is 3.75. The normalized spacial score (nSPS) is 23.6. The van der Waals surface area contributed by atoms with Gasteiger partial charge in [-0.15, -0.1) is 0 Å². The van der Waals surface area contributed by atoms with Crippen LogP contribution >= 0.6 is 12.0 Å². The average molecular weight is 423 g/mol. The molecule has 0 bridgehead atoms. The second-order valence-electron chi connectivity index (χ2n) is 6.12. The van der Waals surface area contributed by atoms with Crippen molar-refractivity contribution in [2.75, 3.05) is 16.9 Å². The van der Waals surface area contributed by atoms with Crippen LogP contribution in [-0.4, -0.2) is 34.1 Å². The number of hydrogen-bond donors (Lipinski definition) is 7.